The largest absolute Gasteiger partial charge is 0.465 e. The van der Waals surface area contributed by atoms with Crippen molar-refractivity contribution in [1.29, 1.82) is 0 Å². The van der Waals surface area contributed by atoms with Gasteiger partial charge in [0, 0.05) is 5.41 Å². The van der Waals surface area contributed by atoms with Crippen LogP contribution < -0.4 is 5.90 Å². The molecular formula is C13H19NO3. The van der Waals surface area contributed by atoms with Crippen LogP contribution in [0.4, 0.5) is 0 Å². The molecule has 0 amide bonds. The van der Waals surface area contributed by atoms with Crippen molar-refractivity contribution in [2.75, 3.05) is 13.7 Å². The molecule has 0 fully saturated rings. The Morgan fingerprint density at radius 3 is 2.53 bits per heavy atom. The summed E-state index contributed by atoms with van der Waals surface area (Å²) in [5.74, 6) is 4.80. The molecule has 0 bridgehead atoms. The van der Waals surface area contributed by atoms with Gasteiger partial charge in [-0.25, -0.2) is 10.7 Å². The molecule has 0 radical (unpaired) electrons. The molecule has 2 N–H and O–H groups in total. The Morgan fingerprint density at radius 2 is 2.06 bits per heavy atom. The van der Waals surface area contributed by atoms with E-state index >= 15 is 0 Å². The number of ether oxygens (including phenoxy) is 1. The van der Waals surface area contributed by atoms with E-state index in [4.69, 9.17) is 15.5 Å². The van der Waals surface area contributed by atoms with Gasteiger partial charge in [0.2, 0.25) is 0 Å². The van der Waals surface area contributed by atoms with Crippen molar-refractivity contribution >= 4 is 5.97 Å². The van der Waals surface area contributed by atoms with Crippen LogP contribution in [0.2, 0.25) is 0 Å². The average Bonchev–Trinajstić information content (AvgIpc) is 2.28. The van der Waals surface area contributed by atoms with E-state index in [2.05, 4.69) is 0 Å². The first-order valence-corrected chi connectivity index (χ1v) is 5.43. The molecule has 0 aliphatic carbocycles. The zero-order chi connectivity index (χ0) is 13.1. The van der Waals surface area contributed by atoms with Crippen LogP contribution in [-0.4, -0.2) is 19.7 Å². The van der Waals surface area contributed by atoms with Gasteiger partial charge in [0.15, 0.2) is 0 Å². The summed E-state index contributed by atoms with van der Waals surface area (Å²) in [5.41, 5.74) is 2.36. The van der Waals surface area contributed by atoms with Crippen molar-refractivity contribution in [3.05, 3.63) is 34.9 Å². The summed E-state index contributed by atoms with van der Waals surface area (Å²) in [6.45, 7) is 6.37. The summed E-state index contributed by atoms with van der Waals surface area (Å²) in [6, 6.07) is 5.64. The Hall–Kier alpha value is -1.39. The van der Waals surface area contributed by atoms with Gasteiger partial charge in [0.1, 0.15) is 0 Å². The highest BCUT2D eigenvalue weighted by atomic mass is 16.6. The molecule has 0 atom stereocenters. The molecule has 1 aromatic carbocycles. The molecule has 0 aliphatic heterocycles. The Bertz CT molecular complexity index is 413. The number of rotatable bonds is 4. The Balaban J connectivity index is 3.08. The fraction of sp³-hybridized carbons (Fsp3) is 0.462. The van der Waals surface area contributed by atoms with Gasteiger partial charge < -0.3 is 9.57 Å². The number of benzene rings is 1. The molecule has 0 saturated heterocycles. The molecule has 1 aromatic rings. The highest BCUT2D eigenvalue weighted by Gasteiger charge is 2.22. The molecule has 1 rings (SSSR count). The minimum absolute atomic E-state index is 0.186. The molecule has 4 nitrogen and oxygen atoms in total. The minimum atomic E-state index is -0.318. The SMILES string of the molecule is COC(=O)c1ccc(C(C)(C)CON)cc1C. The number of hydrogen-bond acceptors (Lipinski definition) is 4. The lowest BCUT2D eigenvalue weighted by Gasteiger charge is -2.24. The predicted molar refractivity (Wildman–Crippen MR) is 65.7 cm³/mol. The van der Waals surface area contributed by atoms with Crippen molar-refractivity contribution < 1.29 is 14.4 Å². The third kappa shape index (κ3) is 3.05. The zero-order valence-electron chi connectivity index (χ0n) is 10.7. The Morgan fingerprint density at radius 1 is 1.41 bits per heavy atom. The van der Waals surface area contributed by atoms with Crippen LogP contribution in [0.15, 0.2) is 18.2 Å². The minimum Gasteiger partial charge on any atom is -0.465 e. The second-order valence-corrected chi connectivity index (χ2v) is 4.72. The van der Waals surface area contributed by atoms with Crippen LogP contribution in [0, 0.1) is 6.92 Å². The predicted octanol–water partition coefficient (Wildman–Crippen LogP) is 1.95. The third-order valence-electron chi connectivity index (χ3n) is 2.86. The van der Waals surface area contributed by atoms with E-state index < -0.39 is 0 Å². The van der Waals surface area contributed by atoms with Crippen LogP contribution in [0.25, 0.3) is 0 Å². The van der Waals surface area contributed by atoms with E-state index in [-0.39, 0.29) is 11.4 Å². The second kappa shape index (κ2) is 5.29. The summed E-state index contributed by atoms with van der Waals surface area (Å²) in [5, 5.41) is 0. The maximum absolute atomic E-state index is 11.5. The molecular weight excluding hydrogens is 218 g/mol. The molecule has 0 unspecified atom stereocenters. The molecule has 0 aromatic heterocycles. The summed E-state index contributed by atoms with van der Waals surface area (Å²) in [4.78, 5) is 16.2. The standard InChI is InChI=1S/C13H19NO3/c1-9-7-10(13(2,3)8-17-14)5-6-11(9)12(15)16-4/h5-7H,8,14H2,1-4H3. The molecule has 0 aliphatic rings. The first-order valence-electron chi connectivity index (χ1n) is 5.43. The number of nitrogens with two attached hydrogens (primary N) is 1. The van der Waals surface area contributed by atoms with E-state index in [0.29, 0.717) is 12.2 Å². The lowest BCUT2D eigenvalue weighted by molar-refractivity contribution is 0.0599. The number of aryl methyl sites for hydroxylation is 1. The number of esters is 1. The topological polar surface area (TPSA) is 61.5 Å². The van der Waals surface area contributed by atoms with Crippen LogP contribution in [0.5, 0.6) is 0 Å². The molecule has 94 valence electrons. The summed E-state index contributed by atoms with van der Waals surface area (Å²) in [6.07, 6.45) is 0. The van der Waals surface area contributed by atoms with E-state index in [1.165, 1.54) is 7.11 Å². The van der Waals surface area contributed by atoms with Gasteiger partial charge in [-0.3, -0.25) is 0 Å². The van der Waals surface area contributed by atoms with Gasteiger partial charge in [-0.2, -0.15) is 0 Å². The zero-order valence-corrected chi connectivity index (χ0v) is 10.7. The molecule has 0 heterocycles. The van der Waals surface area contributed by atoms with Crippen molar-refractivity contribution in [1.82, 2.24) is 0 Å². The van der Waals surface area contributed by atoms with Crippen molar-refractivity contribution in [2.24, 2.45) is 5.90 Å². The monoisotopic (exact) mass is 237 g/mol. The lowest BCUT2D eigenvalue weighted by Crippen LogP contribution is -2.26. The van der Waals surface area contributed by atoms with Gasteiger partial charge in [-0.1, -0.05) is 26.0 Å². The van der Waals surface area contributed by atoms with Crippen molar-refractivity contribution in [2.45, 2.75) is 26.2 Å². The lowest BCUT2D eigenvalue weighted by atomic mass is 9.84. The summed E-state index contributed by atoms with van der Waals surface area (Å²) >= 11 is 0. The van der Waals surface area contributed by atoms with Crippen LogP contribution in [0.3, 0.4) is 0 Å². The van der Waals surface area contributed by atoms with Gasteiger partial charge in [0.25, 0.3) is 0 Å². The van der Waals surface area contributed by atoms with Crippen molar-refractivity contribution in [3.8, 4) is 0 Å². The fourth-order valence-corrected chi connectivity index (χ4v) is 1.72. The van der Waals surface area contributed by atoms with Crippen molar-refractivity contribution in [3.63, 3.8) is 0 Å². The maximum Gasteiger partial charge on any atom is 0.338 e. The first-order chi connectivity index (χ1) is 7.92. The van der Waals surface area contributed by atoms with Gasteiger partial charge >= 0.3 is 5.97 Å². The van der Waals surface area contributed by atoms with E-state index in [1.807, 2.05) is 32.9 Å². The number of hydrogen-bond donors (Lipinski definition) is 1. The smallest absolute Gasteiger partial charge is 0.338 e. The van der Waals surface area contributed by atoms with Crippen LogP contribution >= 0.6 is 0 Å². The second-order valence-electron chi connectivity index (χ2n) is 4.72. The maximum atomic E-state index is 11.5. The Labute approximate surface area is 102 Å². The van der Waals surface area contributed by atoms with Crippen LogP contribution in [-0.2, 0) is 15.0 Å². The quantitative estimate of drug-likeness (QED) is 0.642. The van der Waals surface area contributed by atoms with E-state index in [9.17, 15) is 4.79 Å². The highest BCUT2D eigenvalue weighted by Crippen LogP contribution is 2.25. The van der Waals surface area contributed by atoms with Gasteiger partial charge in [-0.15, -0.1) is 0 Å². The molecule has 17 heavy (non-hydrogen) atoms. The highest BCUT2D eigenvalue weighted by molar-refractivity contribution is 5.91. The summed E-state index contributed by atoms with van der Waals surface area (Å²) in [7, 11) is 1.38. The fourth-order valence-electron chi connectivity index (χ4n) is 1.72. The number of carbonyl (C=O) groups is 1. The summed E-state index contributed by atoms with van der Waals surface area (Å²) < 4.78 is 4.71. The number of methoxy groups -OCH3 is 1. The van der Waals surface area contributed by atoms with Gasteiger partial charge in [0.05, 0.1) is 19.3 Å². The molecule has 0 spiro atoms. The van der Waals surface area contributed by atoms with Gasteiger partial charge in [-0.05, 0) is 24.1 Å². The normalized spacial score (nSPS) is 11.4. The van der Waals surface area contributed by atoms with Crippen LogP contribution in [0.1, 0.15) is 35.3 Å². The van der Waals surface area contributed by atoms with E-state index in [1.54, 1.807) is 6.07 Å². The first kappa shape index (κ1) is 13.7. The average molecular weight is 237 g/mol. The third-order valence-corrected chi connectivity index (χ3v) is 2.86. The molecule has 4 heteroatoms. The Kier molecular flexibility index (Phi) is 4.26. The van der Waals surface area contributed by atoms with E-state index in [0.717, 1.165) is 11.1 Å². The number of carbonyl (C=O) groups excluding carboxylic acids is 1. The molecule has 0 saturated carbocycles.